The van der Waals surface area contributed by atoms with E-state index in [0.29, 0.717) is 11.3 Å². The Morgan fingerprint density at radius 3 is 2.67 bits per heavy atom. The van der Waals surface area contributed by atoms with Gasteiger partial charge in [0, 0.05) is 0 Å². The van der Waals surface area contributed by atoms with Gasteiger partial charge in [0.25, 0.3) is 6.43 Å². The first kappa shape index (κ1) is 14.1. The normalized spacial score (nSPS) is 9.87. The molecule has 0 spiro atoms. The van der Waals surface area contributed by atoms with Gasteiger partial charge >= 0.3 is 0 Å². The van der Waals surface area contributed by atoms with E-state index in [1.165, 1.54) is 0 Å². The number of alkyl halides is 2. The van der Waals surface area contributed by atoms with Crippen LogP contribution in [0.2, 0.25) is 0 Å². The highest BCUT2D eigenvalue weighted by Gasteiger charge is 2.14. The standard InChI is InChI=1S/C6H8F2N4OS.ClH/c1-9-2-3(13)10-6-12-11-5(14-6)4(7)8;/h4,9H,2H2,1H3,(H,10,12,13);1H. The lowest BCUT2D eigenvalue weighted by Crippen LogP contribution is -2.24. The Labute approximate surface area is 94.7 Å². The van der Waals surface area contributed by atoms with Gasteiger partial charge in [-0.25, -0.2) is 8.78 Å². The Hall–Kier alpha value is -0.860. The number of carbonyl (C=O) groups is 1. The van der Waals surface area contributed by atoms with Crippen LogP contribution >= 0.6 is 23.7 Å². The number of hydrogen-bond donors (Lipinski definition) is 2. The van der Waals surface area contributed by atoms with E-state index in [0.717, 1.165) is 0 Å². The summed E-state index contributed by atoms with van der Waals surface area (Å²) >= 11 is 0.663. The highest BCUT2D eigenvalue weighted by Crippen LogP contribution is 2.24. The molecule has 9 heteroatoms. The van der Waals surface area contributed by atoms with Crippen LogP contribution in [0.4, 0.5) is 13.9 Å². The van der Waals surface area contributed by atoms with E-state index in [9.17, 15) is 13.6 Å². The molecular weight excluding hydrogens is 250 g/mol. The molecule has 0 bridgehead atoms. The number of halogens is 3. The van der Waals surface area contributed by atoms with Crippen LogP contribution in [0.5, 0.6) is 0 Å². The average molecular weight is 259 g/mol. The largest absolute Gasteiger partial charge is 0.311 e. The molecule has 0 aliphatic rings. The zero-order valence-corrected chi connectivity index (χ0v) is 9.29. The zero-order chi connectivity index (χ0) is 10.6. The molecule has 0 radical (unpaired) electrons. The van der Waals surface area contributed by atoms with Gasteiger partial charge in [-0.2, -0.15) is 0 Å². The summed E-state index contributed by atoms with van der Waals surface area (Å²) in [7, 11) is 1.60. The second-order valence-corrected chi connectivity index (χ2v) is 3.33. The topological polar surface area (TPSA) is 66.9 Å². The van der Waals surface area contributed by atoms with E-state index in [2.05, 4.69) is 20.8 Å². The Bertz CT molecular complexity index is 322. The predicted molar refractivity (Wildman–Crippen MR) is 54.7 cm³/mol. The Kier molecular flexibility index (Phi) is 6.21. The quantitative estimate of drug-likeness (QED) is 0.847. The van der Waals surface area contributed by atoms with Gasteiger partial charge in [-0.3, -0.25) is 10.1 Å². The molecular formula is C6H9ClF2N4OS. The summed E-state index contributed by atoms with van der Waals surface area (Å²) in [6.07, 6.45) is -2.65. The molecule has 0 unspecified atom stereocenters. The highest BCUT2D eigenvalue weighted by atomic mass is 35.5. The molecule has 0 fully saturated rings. The number of likely N-dealkylation sites (N-methyl/N-ethyl adjacent to an activating group) is 1. The molecule has 0 saturated carbocycles. The summed E-state index contributed by atoms with van der Waals surface area (Å²) in [5.74, 6) is -0.343. The number of anilines is 1. The Morgan fingerprint density at radius 1 is 1.53 bits per heavy atom. The van der Waals surface area contributed by atoms with Gasteiger partial charge in [0.15, 0.2) is 5.01 Å². The number of hydrogen-bond acceptors (Lipinski definition) is 5. The molecule has 1 aromatic rings. The van der Waals surface area contributed by atoms with Crippen LogP contribution in [0.1, 0.15) is 11.4 Å². The average Bonchev–Trinajstić information content (AvgIpc) is 2.53. The van der Waals surface area contributed by atoms with E-state index < -0.39 is 11.4 Å². The van der Waals surface area contributed by atoms with E-state index in [-0.39, 0.29) is 30.0 Å². The maximum Gasteiger partial charge on any atom is 0.291 e. The molecule has 0 atom stereocenters. The van der Waals surface area contributed by atoms with Crippen LogP contribution in [0.25, 0.3) is 0 Å². The zero-order valence-electron chi connectivity index (χ0n) is 7.66. The van der Waals surface area contributed by atoms with Crippen molar-refractivity contribution in [2.24, 2.45) is 0 Å². The third-order valence-electron chi connectivity index (χ3n) is 1.21. The van der Waals surface area contributed by atoms with Crippen LogP contribution in [-0.4, -0.2) is 29.7 Å². The van der Waals surface area contributed by atoms with Gasteiger partial charge in [-0.1, -0.05) is 11.3 Å². The summed E-state index contributed by atoms with van der Waals surface area (Å²) < 4.78 is 24.1. The van der Waals surface area contributed by atoms with Crippen molar-refractivity contribution in [3.63, 3.8) is 0 Å². The van der Waals surface area contributed by atoms with E-state index in [4.69, 9.17) is 0 Å². The van der Waals surface area contributed by atoms with Gasteiger partial charge in [-0.05, 0) is 7.05 Å². The van der Waals surface area contributed by atoms with Gasteiger partial charge in [0.05, 0.1) is 6.54 Å². The molecule has 2 N–H and O–H groups in total. The predicted octanol–water partition coefficient (Wildman–Crippen LogP) is 1.06. The highest BCUT2D eigenvalue weighted by molar-refractivity contribution is 7.15. The second-order valence-electron chi connectivity index (χ2n) is 2.32. The molecule has 0 aliphatic carbocycles. The number of aromatic nitrogens is 2. The minimum absolute atomic E-state index is 0. The van der Waals surface area contributed by atoms with E-state index in [1.807, 2.05) is 0 Å². The van der Waals surface area contributed by atoms with Crippen molar-refractivity contribution in [2.45, 2.75) is 6.43 Å². The maximum absolute atomic E-state index is 12.0. The van der Waals surface area contributed by atoms with Crippen LogP contribution in [0, 0.1) is 0 Å². The first-order valence-electron chi connectivity index (χ1n) is 3.69. The summed E-state index contributed by atoms with van der Waals surface area (Å²) in [4.78, 5) is 11.0. The summed E-state index contributed by atoms with van der Waals surface area (Å²) in [6, 6.07) is 0. The van der Waals surface area contributed by atoms with Crippen molar-refractivity contribution >= 4 is 34.8 Å². The number of nitrogens with zero attached hydrogens (tertiary/aromatic N) is 2. The minimum atomic E-state index is -2.65. The maximum atomic E-state index is 12.0. The fraction of sp³-hybridized carbons (Fsp3) is 0.500. The fourth-order valence-electron chi connectivity index (χ4n) is 0.697. The van der Waals surface area contributed by atoms with Gasteiger partial charge < -0.3 is 5.32 Å². The van der Waals surface area contributed by atoms with Crippen LogP contribution in [-0.2, 0) is 4.79 Å². The number of nitrogens with one attached hydrogen (secondary N) is 2. The summed E-state index contributed by atoms with van der Waals surface area (Å²) in [5, 5.41) is 11.2. The monoisotopic (exact) mass is 258 g/mol. The number of amides is 1. The first-order valence-corrected chi connectivity index (χ1v) is 4.51. The SMILES string of the molecule is CNCC(=O)Nc1nnc(C(F)F)s1.Cl. The van der Waals surface area contributed by atoms with Crippen LogP contribution in [0.3, 0.4) is 0 Å². The third kappa shape index (κ3) is 4.45. The molecule has 5 nitrogen and oxygen atoms in total. The summed E-state index contributed by atoms with van der Waals surface area (Å²) in [6.45, 7) is 0.101. The van der Waals surface area contributed by atoms with Crippen LogP contribution < -0.4 is 10.6 Å². The van der Waals surface area contributed by atoms with Crippen LogP contribution in [0.15, 0.2) is 0 Å². The third-order valence-corrected chi connectivity index (χ3v) is 2.06. The van der Waals surface area contributed by atoms with Gasteiger partial charge in [-0.15, -0.1) is 22.6 Å². The smallest absolute Gasteiger partial charge is 0.291 e. The molecule has 15 heavy (non-hydrogen) atoms. The molecule has 0 aromatic carbocycles. The van der Waals surface area contributed by atoms with Crippen molar-refractivity contribution in [1.29, 1.82) is 0 Å². The van der Waals surface area contributed by atoms with Gasteiger partial charge in [0.2, 0.25) is 11.0 Å². The lowest BCUT2D eigenvalue weighted by Gasteiger charge is -1.97. The molecule has 0 saturated heterocycles. The Balaban J connectivity index is 0.00000196. The molecule has 0 aliphatic heterocycles. The molecule has 86 valence electrons. The van der Waals surface area contributed by atoms with Crippen molar-refractivity contribution in [3.8, 4) is 0 Å². The van der Waals surface area contributed by atoms with E-state index >= 15 is 0 Å². The van der Waals surface area contributed by atoms with Crippen molar-refractivity contribution < 1.29 is 13.6 Å². The summed E-state index contributed by atoms with van der Waals surface area (Å²) in [5.41, 5.74) is 0. The minimum Gasteiger partial charge on any atom is -0.311 e. The van der Waals surface area contributed by atoms with Gasteiger partial charge in [0.1, 0.15) is 0 Å². The Morgan fingerprint density at radius 2 is 2.20 bits per heavy atom. The second kappa shape index (κ2) is 6.59. The first-order chi connectivity index (χ1) is 6.63. The lowest BCUT2D eigenvalue weighted by atomic mass is 10.6. The lowest BCUT2D eigenvalue weighted by molar-refractivity contribution is -0.115. The molecule has 1 heterocycles. The van der Waals surface area contributed by atoms with E-state index in [1.54, 1.807) is 7.05 Å². The molecule has 1 amide bonds. The van der Waals surface area contributed by atoms with Crippen molar-refractivity contribution in [1.82, 2.24) is 15.5 Å². The molecule has 1 aromatic heterocycles. The molecule has 1 rings (SSSR count). The number of rotatable bonds is 4. The number of carbonyl (C=O) groups excluding carboxylic acids is 1. The fourth-order valence-corrected chi connectivity index (χ4v) is 1.31. The van der Waals surface area contributed by atoms with Crippen molar-refractivity contribution in [3.05, 3.63) is 5.01 Å². The van der Waals surface area contributed by atoms with Crippen molar-refractivity contribution in [2.75, 3.05) is 18.9 Å².